The highest BCUT2D eigenvalue weighted by Gasteiger charge is 2.14. The van der Waals surface area contributed by atoms with Gasteiger partial charge in [-0.1, -0.05) is 17.7 Å². The monoisotopic (exact) mass is 360 g/mol. The quantitative estimate of drug-likeness (QED) is 0.709. The Labute approximate surface area is 152 Å². The maximum atomic E-state index is 12.1. The van der Waals surface area contributed by atoms with Crippen molar-refractivity contribution in [2.75, 3.05) is 13.7 Å². The van der Waals surface area contributed by atoms with Crippen LogP contribution in [0.3, 0.4) is 0 Å². The fourth-order valence-corrected chi connectivity index (χ4v) is 3.17. The zero-order chi connectivity index (χ0) is 18.2. The summed E-state index contributed by atoms with van der Waals surface area (Å²) in [7, 11) is 1.62. The number of carbonyl (C=O) groups is 2. The lowest BCUT2D eigenvalue weighted by Gasteiger charge is -2.18. The zero-order valence-corrected chi connectivity index (χ0v) is 15.6. The highest BCUT2D eigenvalue weighted by atomic mass is 32.1. The van der Waals surface area contributed by atoms with Crippen molar-refractivity contribution in [3.63, 3.8) is 0 Å². The van der Waals surface area contributed by atoms with E-state index in [0.29, 0.717) is 24.9 Å². The summed E-state index contributed by atoms with van der Waals surface area (Å²) < 4.78 is 5.37. The minimum Gasteiger partial charge on any atom is -0.496 e. The summed E-state index contributed by atoms with van der Waals surface area (Å²) in [6, 6.07) is 7.55. The molecule has 2 aromatic rings. The van der Waals surface area contributed by atoms with Gasteiger partial charge in [0.15, 0.2) is 0 Å². The number of hydrogen-bond donors (Lipinski definition) is 2. The average Bonchev–Trinajstić information content (AvgIpc) is 3.13. The lowest BCUT2D eigenvalue weighted by Crippen LogP contribution is -2.29. The molecule has 2 N–H and O–H groups in total. The number of rotatable bonds is 8. The van der Waals surface area contributed by atoms with Gasteiger partial charge in [-0.25, -0.2) is 0 Å². The van der Waals surface area contributed by atoms with Gasteiger partial charge in [0, 0.05) is 29.5 Å². The minimum absolute atomic E-state index is 0.0409. The van der Waals surface area contributed by atoms with Crippen LogP contribution in [0.25, 0.3) is 0 Å². The van der Waals surface area contributed by atoms with E-state index in [2.05, 4.69) is 10.6 Å². The van der Waals surface area contributed by atoms with Gasteiger partial charge >= 0.3 is 0 Å². The molecule has 0 saturated carbocycles. The molecule has 25 heavy (non-hydrogen) atoms. The number of hydrogen-bond acceptors (Lipinski definition) is 4. The highest BCUT2D eigenvalue weighted by Crippen LogP contribution is 2.26. The van der Waals surface area contributed by atoms with Gasteiger partial charge < -0.3 is 15.4 Å². The van der Waals surface area contributed by atoms with E-state index < -0.39 is 0 Å². The topological polar surface area (TPSA) is 67.4 Å². The predicted octanol–water partition coefficient (Wildman–Crippen LogP) is 3.45. The Bertz CT molecular complexity index is 713. The number of aryl methyl sites for hydroxylation is 1. The van der Waals surface area contributed by atoms with Crippen molar-refractivity contribution in [3.05, 3.63) is 51.7 Å². The Hall–Kier alpha value is -2.34. The maximum absolute atomic E-state index is 12.1. The van der Waals surface area contributed by atoms with E-state index in [1.807, 2.05) is 37.4 Å². The van der Waals surface area contributed by atoms with E-state index in [9.17, 15) is 9.59 Å². The molecule has 0 unspecified atom stereocenters. The van der Waals surface area contributed by atoms with Crippen molar-refractivity contribution in [1.82, 2.24) is 10.6 Å². The van der Waals surface area contributed by atoms with Crippen LogP contribution >= 0.6 is 11.3 Å². The van der Waals surface area contributed by atoms with E-state index in [0.717, 1.165) is 16.9 Å². The van der Waals surface area contributed by atoms with E-state index in [4.69, 9.17) is 4.74 Å². The fraction of sp³-hybridized carbons (Fsp3) is 0.368. The standard InChI is InChI=1S/C19H24N2O3S/c1-13-6-7-17(24-3)16(11-13)14(2)21-18(22)5-4-9-20-19(23)15-8-10-25-12-15/h6-8,10-12,14H,4-5,9H2,1-3H3,(H,20,23)(H,21,22)/t14-/m1/s1. The number of nitrogens with one attached hydrogen (secondary N) is 2. The van der Waals surface area contributed by atoms with Gasteiger partial charge in [-0.3, -0.25) is 9.59 Å². The Balaban J connectivity index is 1.76. The lowest BCUT2D eigenvalue weighted by molar-refractivity contribution is -0.121. The molecule has 0 radical (unpaired) electrons. The molecule has 1 atom stereocenters. The number of thiophene rings is 1. The van der Waals surface area contributed by atoms with Crippen molar-refractivity contribution in [1.29, 1.82) is 0 Å². The van der Waals surface area contributed by atoms with Crippen molar-refractivity contribution < 1.29 is 14.3 Å². The Kier molecular flexibility index (Phi) is 7.01. The van der Waals surface area contributed by atoms with Gasteiger partial charge in [-0.15, -0.1) is 0 Å². The van der Waals surface area contributed by atoms with Gasteiger partial charge in [-0.2, -0.15) is 11.3 Å². The van der Waals surface area contributed by atoms with E-state index in [1.54, 1.807) is 18.6 Å². The third kappa shape index (κ3) is 5.60. The smallest absolute Gasteiger partial charge is 0.252 e. The second kappa shape index (κ2) is 9.22. The van der Waals surface area contributed by atoms with Crippen LogP contribution in [0, 0.1) is 6.92 Å². The van der Waals surface area contributed by atoms with Crippen LogP contribution in [0.1, 0.15) is 47.3 Å². The van der Waals surface area contributed by atoms with Gasteiger partial charge in [0.1, 0.15) is 5.75 Å². The third-order valence-electron chi connectivity index (χ3n) is 3.88. The van der Waals surface area contributed by atoms with Crippen LogP contribution in [0.5, 0.6) is 5.75 Å². The summed E-state index contributed by atoms with van der Waals surface area (Å²) >= 11 is 1.49. The fourth-order valence-electron chi connectivity index (χ4n) is 2.53. The molecule has 0 aliphatic heterocycles. The maximum Gasteiger partial charge on any atom is 0.252 e. The molecule has 1 aromatic carbocycles. The van der Waals surface area contributed by atoms with Gasteiger partial charge in [0.2, 0.25) is 5.91 Å². The van der Waals surface area contributed by atoms with Crippen molar-refractivity contribution >= 4 is 23.2 Å². The summed E-state index contributed by atoms with van der Waals surface area (Å²) in [4.78, 5) is 23.9. The first-order chi connectivity index (χ1) is 12.0. The van der Waals surface area contributed by atoms with Crippen LogP contribution in [0.15, 0.2) is 35.0 Å². The summed E-state index contributed by atoms with van der Waals surface area (Å²) in [5.41, 5.74) is 2.74. The number of carbonyl (C=O) groups excluding carboxylic acids is 2. The second-order valence-corrected chi connectivity index (χ2v) is 6.69. The summed E-state index contributed by atoms with van der Waals surface area (Å²) in [6.45, 7) is 4.42. The van der Waals surface area contributed by atoms with Crippen molar-refractivity contribution in [3.8, 4) is 5.75 Å². The molecule has 0 aliphatic rings. The molecule has 2 rings (SSSR count). The number of ether oxygens (including phenoxy) is 1. The van der Waals surface area contributed by atoms with Crippen LogP contribution in [0.2, 0.25) is 0 Å². The summed E-state index contributed by atoms with van der Waals surface area (Å²) in [5.74, 6) is 0.627. The van der Waals surface area contributed by atoms with E-state index >= 15 is 0 Å². The minimum atomic E-state index is -0.136. The summed E-state index contributed by atoms with van der Waals surface area (Å²) in [6.07, 6.45) is 0.960. The molecule has 0 bridgehead atoms. The molecule has 1 aromatic heterocycles. The lowest BCUT2D eigenvalue weighted by atomic mass is 10.0. The molecular formula is C19H24N2O3S. The van der Waals surface area contributed by atoms with Gasteiger partial charge in [0.05, 0.1) is 13.2 Å². The number of amides is 2. The third-order valence-corrected chi connectivity index (χ3v) is 4.56. The van der Waals surface area contributed by atoms with Crippen LogP contribution in [-0.4, -0.2) is 25.5 Å². The molecule has 134 valence electrons. The van der Waals surface area contributed by atoms with Gasteiger partial charge in [-0.05, 0) is 37.8 Å². The normalized spacial score (nSPS) is 11.6. The number of benzene rings is 1. The molecule has 0 spiro atoms. The van der Waals surface area contributed by atoms with Crippen LogP contribution in [-0.2, 0) is 4.79 Å². The first-order valence-electron chi connectivity index (χ1n) is 8.25. The van der Waals surface area contributed by atoms with Crippen molar-refractivity contribution in [2.45, 2.75) is 32.7 Å². The Morgan fingerprint density at radius 3 is 2.76 bits per heavy atom. The van der Waals surface area contributed by atoms with Gasteiger partial charge in [0.25, 0.3) is 5.91 Å². The average molecular weight is 360 g/mol. The Morgan fingerprint density at radius 2 is 2.08 bits per heavy atom. The molecule has 5 nitrogen and oxygen atoms in total. The zero-order valence-electron chi connectivity index (χ0n) is 14.8. The van der Waals surface area contributed by atoms with E-state index in [1.165, 1.54) is 11.3 Å². The van der Waals surface area contributed by atoms with Crippen LogP contribution < -0.4 is 15.4 Å². The largest absolute Gasteiger partial charge is 0.496 e. The molecular weight excluding hydrogens is 336 g/mol. The SMILES string of the molecule is COc1ccc(C)cc1[C@@H](C)NC(=O)CCCNC(=O)c1ccsc1. The molecule has 6 heteroatoms. The van der Waals surface area contributed by atoms with Crippen molar-refractivity contribution in [2.24, 2.45) is 0 Å². The first-order valence-corrected chi connectivity index (χ1v) is 9.20. The Morgan fingerprint density at radius 1 is 1.28 bits per heavy atom. The van der Waals surface area contributed by atoms with E-state index in [-0.39, 0.29) is 17.9 Å². The predicted molar refractivity (Wildman–Crippen MR) is 100 cm³/mol. The molecule has 1 heterocycles. The second-order valence-electron chi connectivity index (χ2n) is 5.91. The molecule has 2 amide bonds. The first kappa shape index (κ1) is 19.0. The highest BCUT2D eigenvalue weighted by molar-refractivity contribution is 7.08. The number of methoxy groups -OCH3 is 1. The molecule has 0 aliphatic carbocycles. The summed E-state index contributed by atoms with van der Waals surface area (Å²) in [5, 5.41) is 9.47. The molecule has 0 fully saturated rings. The van der Waals surface area contributed by atoms with Crippen LogP contribution in [0.4, 0.5) is 0 Å². The molecule has 0 saturated heterocycles.